The zero-order valence-corrected chi connectivity index (χ0v) is 11.2. The Balaban J connectivity index is 1.95. The van der Waals surface area contributed by atoms with Gasteiger partial charge in [0.15, 0.2) is 0 Å². The maximum absolute atomic E-state index is 12.5. The fourth-order valence-corrected chi connectivity index (χ4v) is 3.03. The van der Waals surface area contributed by atoms with Crippen LogP contribution in [0.15, 0.2) is 0 Å². The molecule has 18 heavy (non-hydrogen) atoms. The van der Waals surface area contributed by atoms with Gasteiger partial charge in [-0.2, -0.15) is 0 Å². The number of ether oxygens (including phenoxy) is 1. The molecule has 0 aliphatic carbocycles. The molecule has 2 aliphatic rings. The topological polar surface area (TPSA) is 75.8 Å². The van der Waals surface area contributed by atoms with E-state index in [0.717, 1.165) is 12.8 Å². The van der Waals surface area contributed by atoms with Gasteiger partial charge in [0.25, 0.3) is 0 Å². The van der Waals surface area contributed by atoms with Gasteiger partial charge in [0, 0.05) is 19.8 Å². The van der Waals surface area contributed by atoms with E-state index >= 15 is 0 Å². The summed E-state index contributed by atoms with van der Waals surface area (Å²) >= 11 is 0. The minimum atomic E-state index is -0.661. The molecule has 0 unspecified atom stereocenters. The molecule has 2 rings (SSSR count). The van der Waals surface area contributed by atoms with Crippen LogP contribution in [0, 0.1) is 5.41 Å². The standard InChI is InChI=1S/C13H24N2O3/c1-2-3-13(17)9-15(10-13)11(16)12(8-14)4-6-18-7-5-12/h17H,2-10,14H2,1H3. The Morgan fingerprint density at radius 1 is 1.39 bits per heavy atom. The van der Waals surface area contributed by atoms with Crippen LogP contribution in [0.2, 0.25) is 0 Å². The van der Waals surface area contributed by atoms with Gasteiger partial charge >= 0.3 is 0 Å². The van der Waals surface area contributed by atoms with Crippen molar-refractivity contribution in [1.82, 2.24) is 4.90 Å². The third-order valence-corrected chi connectivity index (χ3v) is 4.27. The Hall–Kier alpha value is -0.650. The van der Waals surface area contributed by atoms with Gasteiger partial charge in [0.05, 0.1) is 24.1 Å². The highest BCUT2D eigenvalue weighted by Gasteiger charge is 2.49. The molecule has 0 radical (unpaired) electrons. The Morgan fingerprint density at radius 2 is 2.00 bits per heavy atom. The first kappa shape index (κ1) is 13.8. The van der Waals surface area contributed by atoms with Gasteiger partial charge in [-0.05, 0) is 19.3 Å². The van der Waals surface area contributed by atoms with Gasteiger partial charge in [-0.3, -0.25) is 4.79 Å². The molecule has 3 N–H and O–H groups in total. The molecule has 0 atom stereocenters. The van der Waals surface area contributed by atoms with E-state index in [9.17, 15) is 9.90 Å². The van der Waals surface area contributed by atoms with Crippen LogP contribution in [0.5, 0.6) is 0 Å². The van der Waals surface area contributed by atoms with Crippen molar-refractivity contribution in [2.75, 3.05) is 32.8 Å². The van der Waals surface area contributed by atoms with Gasteiger partial charge < -0.3 is 20.5 Å². The molecule has 5 nitrogen and oxygen atoms in total. The maximum atomic E-state index is 12.5. The highest BCUT2D eigenvalue weighted by Crippen LogP contribution is 2.36. The van der Waals surface area contributed by atoms with Crippen LogP contribution >= 0.6 is 0 Å². The lowest BCUT2D eigenvalue weighted by molar-refractivity contribution is -0.171. The van der Waals surface area contributed by atoms with Crippen molar-refractivity contribution in [3.05, 3.63) is 0 Å². The third kappa shape index (κ3) is 2.39. The Bertz CT molecular complexity index is 307. The van der Waals surface area contributed by atoms with E-state index in [2.05, 4.69) is 0 Å². The molecule has 2 aliphatic heterocycles. The second-order valence-electron chi connectivity index (χ2n) is 5.73. The second kappa shape index (κ2) is 5.15. The molecule has 0 bridgehead atoms. The number of nitrogens with zero attached hydrogens (tertiary/aromatic N) is 1. The number of hydrogen-bond acceptors (Lipinski definition) is 4. The molecule has 0 aromatic rings. The summed E-state index contributed by atoms with van der Waals surface area (Å²) in [5.74, 6) is 0.106. The van der Waals surface area contributed by atoms with E-state index in [1.54, 1.807) is 4.90 Å². The molecule has 0 aromatic heterocycles. The molecule has 2 fully saturated rings. The van der Waals surface area contributed by atoms with Crippen molar-refractivity contribution in [2.24, 2.45) is 11.1 Å². The molecular formula is C13H24N2O3. The number of aliphatic hydroxyl groups is 1. The molecule has 2 saturated heterocycles. The summed E-state index contributed by atoms with van der Waals surface area (Å²) < 4.78 is 5.31. The minimum Gasteiger partial charge on any atom is -0.386 e. The van der Waals surface area contributed by atoms with E-state index < -0.39 is 11.0 Å². The largest absolute Gasteiger partial charge is 0.386 e. The lowest BCUT2D eigenvalue weighted by atomic mass is 9.76. The Kier molecular flexibility index (Phi) is 3.94. The SMILES string of the molecule is CCCC1(O)CN(C(=O)C2(CN)CCOCC2)C1. The zero-order chi connectivity index (χ0) is 13.2. The van der Waals surface area contributed by atoms with Gasteiger partial charge in [-0.15, -0.1) is 0 Å². The zero-order valence-electron chi connectivity index (χ0n) is 11.2. The number of nitrogens with two attached hydrogens (primary N) is 1. The normalized spacial score (nSPS) is 25.6. The van der Waals surface area contributed by atoms with Crippen molar-refractivity contribution in [3.63, 3.8) is 0 Å². The first-order valence-corrected chi connectivity index (χ1v) is 6.85. The predicted octanol–water partition coefficient (Wildman–Crippen LogP) is 0.115. The number of β-amino-alcohol motifs (C(OH)–C–C–N with tert-alkyl or cyclic N) is 1. The summed E-state index contributed by atoms with van der Waals surface area (Å²) in [4.78, 5) is 14.3. The fraction of sp³-hybridized carbons (Fsp3) is 0.923. The second-order valence-corrected chi connectivity index (χ2v) is 5.73. The van der Waals surface area contributed by atoms with E-state index in [1.165, 1.54) is 0 Å². The summed E-state index contributed by atoms with van der Waals surface area (Å²) in [7, 11) is 0. The molecule has 5 heteroatoms. The molecular weight excluding hydrogens is 232 g/mol. The summed E-state index contributed by atoms with van der Waals surface area (Å²) in [6.45, 7) is 4.55. The van der Waals surface area contributed by atoms with Crippen molar-refractivity contribution < 1.29 is 14.6 Å². The number of carbonyl (C=O) groups excluding carboxylic acids is 1. The average molecular weight is 256 g/mol. The van der Waals surface area contributed by atoms with Crippen LogP contribution in [0.1, 0.15) is 32.6 Å². The summed E-state index contributed by atoms with van der Waals surface area (Å²) in [5, 5.41) is 10.1. The van der Waals surface area contributed by atoms with E-state index in [4.69, 9.17) is 10.5 Å². The lowest BCUT2D eigenvalue weighted by Gasteiger charge is -2.50. The fourth-order valence-electron chi connectivity index (χ4n) is 3.03. The van der Waals surface area contributed by atoms with E-state index in [1.807, 2.05) is 6.92 Å². The number of amides is 1. The number of carbonyl (C=O) groups is 1. The van der Waals surface area contributed by atoms with E-state index in [0.29, 0.717) is 45.7 Å². The number of rotatable bonds is 4. The highest BCUT2D eigenvalue weighted by atomic mass is 16.5. The number of hydrogen-bond donors (Lipinski definition) is 2. The maximum Gasteiger partial charge on any atom is 0.230 e. The summed E-state index contributed by atoms with van der Waals surface area (Å²) in [5.41, 5.74) is 4.70. The van der Waals surface area contributed by atoms with E-state index in [-0.39, 0.29) is 5.91 Å². The molecule has 2 heterocycles. The Labute approximate surface area is 108 Å². The van der Waals surface area contributed by atoms with Gasteiger partial charge in [-0.25, -0.2) is 0 Å². The van der Waals surface area contributed by atoms with Crippen LogP contribution in [0.4, 0.5) is 0 Å². The van der Waals surface area contributed by atoms with Gasteiger partial charge in [0.2, 0.25) is 5.91 Å². The molecule has 1 amide bonds. The third-order valence-electron chi connectivity index (χ3n) is 4.27. The summed E-state index contributed by atoms with van der Waals surface area (Å²) in [6, 6.07) is 0. The van der Waals surface area contributed by atoms with Crippen LogP contribution < -0.4 is 5.73 Å². The quantitative estimate of drug-likeness (QED) is 0.749. The summed E-state index contributed by atoms with van der Waals surface area (Å²) in [6.07, 6.45) is 3.10. The smallest absolute Gasteiger partial charge is 0.230 e. The molecule has 104 valence electrons. The van der Waals surface area contributed by atoms with Crippen LogP contribution in [0.3, 0.4) is 0 Å². The Morgan fingerprint density at radius 3 is 2.50 bits per heavy atom. The van der Waals surface area contributed by atoms with Crippen LogP contribution in [-0.4, -0.2) is 54.4 Å². The average Bonchev–Trinajstić information content (AvgIpc) is 2.36. The first-order chi connectivity index (χ1) is 8.55. The molecule has 0 aromatic carbocycles. The van der Waals surface area contributed by atoms with Crippen molar-refractivity contribution in [3.8, 4) is 0 Å². The lowest BCUT2D eigenvalue weighted by Crippen LogP contribution is -2.67. The van der Waals surface area contributed by atoms with Crippen LogP contribution in [-0.2, 0) is 9.53 Å². The predicted molar refractivity (Wildman–Crippen MR) is 68.0 cm³/mol. The van der Waals surface area contributed by atoms with Crippen molar-refractivity contribution in [2.45, 2.75) is 38.2 Å². The highest BCUT2D eigenvalue weighted by molar-refractivity contribution is 5.84. The first-order valence-electron chi connectivity index (χ1n) is 6.85. The monoisotopic (exact) mass is 256 g/mol. The van der Waals surface area contributed by atoms with Gasteiger partial charge in [-0.1, -0.05) is 13.3 Å². The van der Waals surface area contributed by atoms with Crippen molar-refractivity contribution in [1.29, 1.82) is 0 Å². The van der Waals surface area contributed by atoms with Crippen LogP contribution in [0.25, 0.3) is 0 Å². The number of likely N-dealkylation sites (tertiary alicyclic amines) is 1. The molecule has 0 spiro atoms. The molecule has 0 saturated carbocycles. The minimum absolute atomic E-state index is 0.106. The van der Waals surface area contributed by atoms with Crippen molar-refractivity contribution >= 4 is 5.91 Å². The van der Waals surface area contributed by atoms with Gasteiger partial charge in [0.1, 0.15) is 0 Å².